The van der Waals surface area contributed by atoms with Crippen molar-refractivity contribution in [2.45, 2.75) is 90.7 Å². The van der Waals surface area contributed by atoms with Gasteiger partial charge in [0.15, 0.2) is 0 Å². The van der Waals surface area contributed by atoms with Crippen molar-refractivity contribution >= 4 is 0 Å². The first-order chi connectivity index (χ1) is 12.5. The highest BCUT2D eigenvalue weighted by molar-refractivity contribution is 5.32. The summed E-state index contributed by atoms with van der Waals surface area (Å²) in [7, 11) is 0. The molecule has 0 spiro atoms. The fourth-order valence-corrected chi connectivity index (χ4v) is 5.82. The maximum atomic E-state index is 13.8. The Morgan fingerprint density at radius 3 is 2.42 bits per heavy atom. The van der Waals surface area contributed by atoms with Gasteiger partial charge >= 0.3 is 0 Å². The number of nitrogens with zero attached hydrogens (tertiary/aromatic N) is 1. The second kappa shape index (κ2) is 7.98. The Bertz CT molecular complexity index is 612. The molecule has 26 heavy (non-hydrogen) atoms. The zero-order valence-electron chi connectivity index (χ0n) is 17.2. The van der Waals surface area contributed by atoms with Gasteiger partial charge in [-0.15, -0.1) is 0 Å². The van der Waals surface area contributed by atoms with Crippen molar-refractivity contribution < 1.29 is 9.23 Å². The van der Waals surface area contributed by atoms with E-state index >= 15 is 0 Å². The smallest absolute Gasteiger partial charge is 0.123 e. The van der Waals surface area contributed by atoms with E-state index in [2.05, 4.69) is 45.7 Å². The van der Waals surface area contributed by atoms with Crippen LogP contribution in [0.1, 0.15) is 83.8 Å². The van der Waals surface area contributed by atoms with Crippen molar-refractivity contribution in [3.05, 3.63) is 35.1 Å². The van der Waals surface area contributed by atoms with Gasteiger partial charge in [0.05, 0.1) is 5.60 Å². The van der Waals surface area contributed by atoms with E-state index in [-0.39, 0.29) is 11.4 Å². The first kappa shape index (κ1) is 19.8. The fraction of sp³-hybridized carbons (Fsp3) is 0.739. The van der Waals surface area contributed by atoms with E-state index in [0.717, 1.165) is 32.2 Å². The summed E-state index contributed by atoms with van der Waals surface area (Å²) in [5.74, 6) is 1.63. The molecule has 1 saturated heterocycles. The highest BCUT2D eigenvalue weighted by Crippen LogP contribution is 2.54. The summed E-state index contributed by atoms with van der Waals surface area (Å²) in [5, 5.41) is 2.30. The van der Waals surface area contributed by atoms with Gasteiger partial charge in [-0.25, -0.2) is 4.39 Å². The maximum absolute atomic E-state index is 13.8. The van der Waals surface area contributed by atoms with Crippen LogP contribution in [0.2, 0.25) is 0 Å². The Kier molecular flexibility index (Phi) is 6.08. The van der Waals surface area contributed by atoms with E-state index in [1.54, 1.807) is 12.1 Å². The number of rotatable bonds is 6. The lowest BCUT2D eigenvalue weighted by Gasteiger charge is -2.43. The molecule has 4 unspecified atom stereocenters. The minimum absolute atomic E-state index is 0.0286. The summed E-state index contributed by atoms with van der Waals surface area (Å²) in [5.41, 5.74) is 2.54. The quantitative estimate of drug-likeness (QED) is 0.607. The molecule has 4 atom stereocenters. The lowest BCUT2D eigenvalue weighted by atomic mass is 9.62. The molecule has 0 radical (unpaired) electrons. The van der Waals surface area contributed by atoms with Crippen molar-refractivity contribution in [1.82, 2.24) is 5.06 Å². The van der Waals surface area contributed by atoms with Crippen LogP contribution in [0.4, 0.5) is 4.39 Å². The lowest BCUT2D eigenvalue weighted by Crippen LogP contribution is -2.45. The fourth-order valence-electron chi connectivity index (χ4n) is 5.82. The van der Waals surface area contributed by atoms with Crippen molar-refractivity contribution in [3.8, 4) is 0 Å². The van der Waals surface area contributed by atoms with Crippen LogP contribution in [0.5, 0.6) is 0 Å². The number of hydrogen-bond acceptors (Lipinski definition) is 2. The molecule has 1 aromatic rings. The molecule has 3 heteroatoms. The molecule has 1 heterocycles. The largest absolute Gasteiger partial charge is 0.292 e. The molecule has 0 N–H and O–H groups in total. The summed E-state index contributed by atoms with van der Waals surface area (Å²) in [6.07, 6.45) is 6.57. The second-order valence-electron chi connectivity index (χ2n) is 8.23. The molecule has 2 fully saturated rings. The van der Waals surface area contributed by atoms with Crippen LogP contribution < -0.4 is 0 Å². The predicted molar refractivity (Wildman–Crippen MR) is 106 cm³/mol. The van der Waals surface area contributed by atoms with Crippen LogP contribution in [-0.4, -0.2) is 23.3 Å². The third-order valence-electron chi connectivity index (χ3n) is 7.29. The molecule has 0 amide bonds. The van der Waals surface area contributed by atoms with Gasteiger partial charge < -0.3 is 0 Å². The molecule has 0 aromatic heterocycles. The Labute approximate surface area is 159 Å². The van der Waals surface area contributed by atoms with Gasteiger partial charge in [-0.3, -0.25) is 4.84 Å². The average molecular weight is 362 g/mol. The third-order valence-corrected chi connectivity index (χ3v) is 7.29. The van der Waals surface area contributed by atoms with Crippen molar-refractivity contribution in [2.24, 2.45) is 11.8 Å². The highest BCUT2D eigenvalue weighted by atomic mass is 19.1. The van der Waals surface area contributed by atoms with Crippen molar-refractivity contribution in [3.63, 3.8) is 0 Å². The van der Waals surface area contributed by atoms with Crippen molar-refractivity contribution in [2.75, 3.05) is 6.54 Å². The van der Waals surface area contributed by atoms with Crippen LogP contribution in [-0.2, 0) is 11.3 Å². The first-order valence-electron chi connectivity index (χ1n) is 10.8. The van der Waals surface area contributed by atoms with E-state index < -0.39 is 0 Å². The molecule has 1 aliphatic carbocycles. The molecule has 1 aliphatic heterocycles. The predicted octanol–water partition coefficient (Wildman–Crippen LogP) is 6.10. The van der Waals surface area contributed by atoms with Crippen LogP contribution in [0.15, 0.2) is 18.2 Å². The van der Waals surface area contributed by atoms with Crippen LogP contribution in [0, 0.1) is 17.7 Å². The Hall–Kier alpha value is -0.930. The molecule has 2 nitrogen and oxygen atoms in total. The summed E-state index contributed by atoms with van der Waals surface area (Å²) in [4.78, 5) is 6.61. The summed E-state index contributed by atoms with van der Waals surface area (Å²) >= 11 is 0. The SMILES string of the molecule is CCc1cc(F)ccc1C1CC(CC)C2C(C1)C(CC)(CC)ON2CC. The molecular formula is C23H36FNO. The minimum atomic E-state index is -0.107. The van der Waals surface area contributed by atoms with Gasteiger partial charge in [0.2, 0.25) is 0 Å². The summed E-state index contributed by atoms with van der Waals surface area (Å²) < 4.78 is 13.8. The number of halogens is 1. The zero-order valence-corrected chi connectivity index (χ0v) is 17.2. The zero-order chi connectivity index (χ0) is 18.9. The summed E-state index contributed by atoms with van der Waals surface area (Å²) in [6, 6.07) is 5.99. The molecule has 146 valence electrons. The van der Waals surface area contributed by atoms with Crippen LogP contribution in [0.25, 0.3) is 0 Å². The summed E-state index contributed by atoms with van der Waals surface area (Å²) in [6.45, 7) is 12.2. The van der Waals surface area contributed by atoms with Crippen molar-refractivity contribution in [1.29, 1.82) is 0 Å². The van der Waals surface area contributed by atoms with Crippen LogP contribution in [0.3, 0.4) is 0 Å². The van der Waals surface area contributed by atoms with Gasteiger partial charge in [-0.2, -0.15) is 5.06 Å². The number of hydrogen-bond donors (Lipinski definition) is 0. The van der Waals surface area contributed by atoms with E-state index in [1.165, 1.54) is 24.0 Å². The Morgan fingerprint density at radius 1 is 1.12 bits per heavy atom. The van der Waals surface area contributed by atoms with Gasteiger partial charge in [-0.1, -0.05) is 47.1 Å². The normalized spacial score (nSPS) is 31.2. The molecule has 2 aliphatic rings. The molecule has 0 bridgehead atoms. The topological polar surface area (TPSA) is 12.5 Å². The number of aryl methyl sites for hydroxylation is 1. The second-order valence-corrected chi connectivity index (χ2v) is 8.23. The van der Waals surface area contributed by atoms with Gasteiger partial charge in [0, 0.05) is 18.5 Å². The number of fused-ring (bicyclic) bond motifs is 1. The average Bonchev–Trinajstić information content (AvgIpc) is 3.01. The van der Waals surface area contributed by atoms with E-state index in [9.17, 15) is 4.39 Å². The maximum Gasteiger partial charge on any atom is 0.123 e. The van der Waals surface area contributed by atoms with E-state index in [1.807, 2.05) is 0 Å². The molecular weight excluding hydrogens is 325 g/mol. The molecule has 1 aromatic carbocycles. The van der Waals surface area contributed by atoms with E-state index in [4.69, 9.17) is 4.84 Å². The molecule has 3 rings (SSSR count). The standard InChI is InChI=1S/C23H36FNO/c1-6-16-14-19(24)11-12-20(16)18-13-17(7-2)22-21(15-18)23(8-3,9-4)26-25(22)10-5/h11-12,14,17-18,21-22H,6-10,13,15H2,1-5H3. The Balaban J connectivity index is 1.98. The molecule has 1 saturated carbocycles. The Morgan fingerprint density at radius 2 is 1.85 bits per heavy atom. The number of benzene rings is 1. The van der Waals surface area contributed by atoms with Crippen LogP contribution >= 0.6 is 0 Å². The van der Waals surface area contributed by atoms with Gasteiger partial charge in [0.1, 0.15) is 5.82 Å². The first-order valence-corrected chi connectivity index (χ1v) is 10.8. The monoisotopic (exact) mass is 361 g/mol. The minimum Gasteiger partial charge on any atom is -0.292 e. The van der Waals surface area contributed by atoms with E-state index in [0.29, 0.717) is 23.8 Å². The highest BCUT2D eigenvalue weighted by Gasteiger charge is 2.56. The van der Waals surface area contributed by atoms with Gasteiger partial charge in [0.25, 0.3) is 0 Å². The lowest BCUT2D eigenvalue weighted by molar-refractivity contribution is -0.210. The third kappa shape index (κ3) is 3.22. The number of hydroxylamine groups is 2. The van der Waals surface area contributed by atoms with Gasteiger partial charge in [-0.05, 0) is 67.2 Å².